The molecule has 1 aliphatic rings. The maximum atomic E-state index is 14.7. The summed E-state index contributed by atoms with van der Waals surface area (Å²) in [6, 6.07) is 28.0. The second kappa shape index (κ2) is 15.4. The van der Waals surface area contributed by atoms with E-state index in [9.17, 15) is 18.0 Å². The van der Waals surface area contributed by atoms with Crippen LogP contribution in [0.5, 0.6) is 11.5 Å². The highest BCUT2D eigenvalue weighted by Crippen LogP contribution is 2.52. The van der Waals surface area contributed by atoms with Crippen molar-refractivity contribution in [3.8, 4) is 22.6 Å². The van der Waals surface area contributed by atoms with Gasteiger partial charge in [-0.3, -0.25) is 4.79 Å². The summed E-state index contributed by atoms with van der Waals surface area (Å²) < 4.78 is 53.8. The Morgan fingerprint density at radius 2 is 1.53 bits per heavy atom. The van der Waals surface area contributed by atoms with E-state index in [2.05, 4.69) is 35.8 Å². The standard InChI is InChI=1S/C35H33BrF3NO3.HPS/c1-24-12-14-25(15-13-24)22-43-27-17-16-26(32(20-27)42-2)21-40(23-35(37,38)39)33(41)34(18-7-19-36)30-10-5-3-8-28(30)29-9-4-6-11-31(29)34;1-2/h3-6,8-17,20H,7,18-19,21-23H2,1-2H3;1H. The first-order valence-corrected chi connectivity index (χ1v) is 17.1. The number of amides is 1. The molecule has 10 heteroatoms. The Balaban J connectivity index is 0.00000226. The number of benzene rings is 4. The van der Waals surface area contributed by atoms with Crippen LogP contribution in [0.2, 0.25) is 0 Å². The first-order valence-electron chi connectivity index (χ1n) is 14.3. The zero-order valence-electron chi connectivity index (χ0n) is 25.0. The zero-order chi connectivity index (χ0) is 32.6. The summed E-state index contributed by atoms with van der Waals surface area (Å²) in [5.74, 6) is 0.287. The molecule has 0 fully saturated rings. The Labute approximate surface area is 277 Å². The number of halogens is 4. The predicted octanol–water partition coefficient (Wildman–Crippen LogP) is 9.21. The average molecular weight is 717 g/mol. The van der Waals surface area contributed by atoms with Crippen LogP contribution in [0.3, 0.4) is 0 Å². The Morgan fingerprint density at radius 3 is 2.09 bits per heavy atom. The molecule has 5 rings (SSSR count). The lowest BCUT2D eigenvalue weighted by molar-refractivity contribution is -0.165. The van der Waals surface area contributed by atoms with E-state index in [-0.39, 0.29) is 6.54 Å². The molecule has 0 unspecified atom stereocenters. The van der Waals surface area contributed by atoms with E-state index in [0.717, 1.165) is 38.3 Å². The second-order valence-corrected chi connectivity index (χ2v) is 11.6. The minimum Gasteiger partial charge on any atom is -0.496 e. The van der Waals surface area contributed by atoms with Crippen molar-refractivity contribution in [3.05, 3.63) is 119 Å². The molecule has 45 heavy (non-hydrogen) atoms. The molecule has 4 nitrogen and oxygen atoms in total. The Kier molecular flexibility index (Phi) is 11.8. The van der Waals surface area contributed by atoms with Crippen molar-refractivity contribution in [2.75, 3.05) is 19.0 Å². The van der Waals surface area contributed by atoms with Crippen LogP contribution in [-0.2, 0) is 35.2 Å². The number of rotatable bonds is 11. The molecule has 0 spiro atoms. The highest BCUT2D eigenvalue weighted by atomic mass is 79.9. The minimum atomic E-state index is -4.60. The lowest BCUT2D eigenvalue weighted by Crippen LogP contribution is -2.49. The summed E-state index contributed by atoms with van der Waals surface area (Å²) in [6.07, 6.45) is -3.64. The topological polar surface area (TPSA) is 38.8 Å². The smallest absolute Gasteiger partial charge is 0.406 e. The molecule has 0 saturated heterocycles. The van der Waals surface area contributed by atoms with Crippen LogP contribution in [0, 0.1) is 6.92 Å². The molecule has 4 aromatic rings. The molecule has 0 radical (unpaired) electrons. The van der Waals surface area contributed by atoms with E-state index < -0.39 is 24.0 Å². The SMILES string of the molecule is COc1cc(OCc2ccc(C)cc2)ccc1CN(CC(F)(F)F)C(=O)C1(CCCBr)c2ccccc2-c2ccccc21.P=S. The van der Waals surface area contributed by atoms with Crippen molar-refractivity contribution >= 4 is 41.7 Å². The average Bonchev–Trinajstić information content (AvgIpc) is 3.34. The fourth-order valence-corrected chi connectivity index (χ4v) is 6.23. The van der Waals surface area contributed by atoms with Gasteiger partial charge in [0.2, 0.25) is 5.91 Å². The van der Waals surface area contributed by atoms with Crippen LogP contribution in [0.15, 0.2) is 91.0 Å². The quantitative estimate of drug-likeness (QED) is 0.115. The van der Waals surface area contributed by atoms with Crippen molar-refractivity contribution < 1.29 is 27.4 Å². The molecule has 4 aromatic carbocycles. The van der Waals surface area contributed by atoms with Gasteiger partial charge in [-0.05, 0) is 67.7 Å². The van der Waals surface area contributed by atoms with Gasteiger partial charge in [0, 0.05) is 23.5 Å². The number of carbonyl (C=O) groups is 1. The lowest BCUT2D eigenvalue weighted by atomic mass is 9.73. The van der Waals surface area contributed by atoms with Gasteiger partial charge in [0.1, 0.15) is 30.1 Å². The van der Waals surface area contributed by atoms with Crippen molar-refractivity contribution in [1.29, 1.82) is 0 Å². The van der Waals surface area contributed by atoms with Crippen molar-refractivity contribution in [2.45, 2.75) is 44.5 Å². The predicted molar refractivity (Wildman–Crippen MR) is 181 cm³/mol. The first-order chi connectivity index (χ1) is 21.7. The summed E-state index contributed by atoms with van der Waals surface area (Å²) in [4.78, 5) is 15.6. The second-order valence-electron chi connectivity index (χ2n) is 10.8. The summed E-state index contributed by atoms with van der Waals surface area (Å²) in [7, 11) is 4.01. The maximum absolute atomic E-state index is 14.7. The molecule has 0 heterocycles. The lowest BCUT2D eigenvalue weighted by Gasteiger charge is -2.37. The third-order valence-electron chi connectivity index (χ3n) is 7.92. The molecular formula is C35H34BrF3NO3PS. The largest absolute Gasteiger partial charge is 0.496 e. The Bertz CT molecular complexity index is 1570. The first kappa shape index (κ1) is 34.6. The number of methoxy groups -OCH3 is 1. The highest BCUT2D eigenvalue weighted by molar-refractivity contribution is 9.09. The molecule has 1 amide bonds. The van der Waals surface area contributed by atoms with E-state index in [1.165, 1.54) is 7.11 Å². The van der Waals surface area contributed by atoms with Gasteiger partial charge in [0.05, 0.1) is 7.11 Å². The number of carbonyl (C=O) groups excluding carboxylic acids is 1. The van der Waals surface area contributed by atoms with Gasteiger partial charge in [0.15, 0.2) is 0 Å². The fraction of sp³-hybridized carbons (Fsp3) is 0.286. The molecule has 236 valence electrons. The van der Waals surface area contributed by atoms with E-state index >= 15 is 0 Å². The molecule has 0 aliphatic heterocycles. The van der Waals surface area contributed by atoms with Crippen LogP contribution >= 0.6 is 23.9 Å². The molecule has 0 saturated carbocycles. The number of alkyl halides is 4. The minimum absolute atomic E-state index is 0.278. The number of fused-ring (bicyclic) bond motifs is 3. The van der Waals surface area contributed by atoms with E-state index in [1.54, 1.807) is 18.2 Å². The monoisotopic (exact) mass is 715 g/mol. The van der Waals surface area contributed by atoms with Crippen LogP contribution < -0.4 is 9.47 Å². The van der Waals surface area contributed by atoms with Crippen LogP contribution in [0.4, 0.5) is 13.2 Å². The normalized spacial score (nSPS) is 12.8. The number of hydrogen-bond acceptors (Lipinski definition) is 4. The third-order valence-corrected chi connectivity index (χ3v) is 8.48. The van der Waals surface area contributed by atoms with Crippen LogP contribution in [0.1, 0.15) is 40.7 Å². The Morgan fingerprint density at radius 1 is 0.933 bits per heavy atom. The molecule has 0 N–H and O–H groups in total. The van der Waals surface area contributed by atoms with Crippen LogP contribution in [-0.4, -0.2) is 36.0 Å². The van der Waals surface area contributed by atoms with Gasteiger partial charge >= 0.3 is 6.18 Å². The number of ether oxygens (including phenoxy) is 2. The van der Waals surface area contributed by atoms with Gasteiger partial charge in [-0.25, -0.2) is 0 Å². The van der Waals surface area contributed by atoms with Gasteiger partial charge in [-0.15, -0.1) is 0 Å². The Hall–Kier alpha value is -3.26. The third kappa shape index (κ3) is 7.76. The van der Waals surface area contributed by atoms with Gasteiger partial charge in [-0.1, -0.05) is 106 Å². The number of aryl methyl sites for hydroxylation is 1. The number of hydrogen-bond donors (Lipinski definition) is 0. The highest BCUT2D eigenvalue weighted by Gasteiger charge is 2.51. The van der Waals surface area contributed by atoms with E-state index in [0.29, 0.717) is 41.8 Å². The number of nitrogens with zero attached hydrogens (tertiary/aromatic N) is 1. The molecule has 0 atom stereocenters. The summed E-state index contributed by atoms with van der Waals surface area (Å²) in [6.45, 7) is 0.673. The fourth-order valence-electron chi connectivity index (χ4n) is 5.95. The maximum Gasteiger partial charge on any atom is 0.406 e. The van der Waals surface area contributed by atoms with Gasteiger partial charge in [-0.2, -0.15) is 13.2 Å². The molecular weight excluding hydrogens is 682 g/mol. The summed E-state index contributed by atoms with van der Waals surface area (Å²) in [5.41, 5.74) is 4.56. The van der Waals surface area contributed by atoms with Gasteiger partial charge < -0.3 is 14.4 Å². The van der Waals surface area contributed by atoms with Gasteiger partial charge in [0.25, 0.3) is 0 Å². The molecule has 0 bridgehead atoms. The molecule has 0 aromatic heterocycles. The van der Waals surface area contributed by atoms with E-state index in [1.807, 2.05) is 79.7 Å². The zero-order valence-corrected chi connectivity index (χ0v) is 28.4. The van der Waals surface area contributed by atoms with Crippen molar-refractivity contribution in [1.82, 2.24) is 4.90 Å². The summed E-state index contributed by atoms with van der Waals surface area (Å²) in [5, 5.41) is 0.615. The summed E-state index contributed by atoms with van der Waals surface area (Å²) >= 11 is 7.36. The van der Waals surface area contributed by atoms with Crippen molar-refractivity contribution in [2.24, 2.45) is 0 Å². The van der Waals surface area contributed by atoms with E-state index in [4.69, 9.17) is 9.47 Å². The molecule has 1 aliphatic carbocycles. The van der Waals surface area contributed by atoms with Crippen molar-refractivity contribution in [3.63, 3.8) is 0 Å². The van der Waals surface area contributed by atoms with Crippen LogP contribution in [0.25, 0.3) is 11.1 Å².